The lowest BCUT2D eigenvalue weighted by atomic mass is 9.98. The summed E-state index contributed by atoms with van der Waals surface area (Å²) in [4.78, 5) is 11.0. The van der Waals surface area contributed by atoms with Crippen molar-refractivity contribution >= 4 is 5.97 Å². The van der Waals surface area contributed by atoms with Gasteiger partial charge in [-0.25, -0.2) is 4.79 Å². The van der Waals surface area contributed by atoms with Gasteiger partial charge < -0.3 is 14.9 Å². The first kappa shape index (κ1) is 13.0. The van der Waals surface area contributed by atoms with Crippen molar-refractivity contribution in [2.75, 3.05) is 7.11 Å². The molecule has 0 aliphatic rings. The van der Waals surface area contributed by atoms with Gasteiger partial charge in [-0.1, -0.05) is 12.1 Å². The van der Waals surface area contributed by atoms with Crippen LogP contribution in [0.5, 0.6) is 11.5 Å². The van der Waals surface area contributed by atoms with Crippen LogP contribution in [0.25, 0.3) is 11.1 Å². The van der Waals surface area contributed by atoms with Crippen molar-refractivity contribution < 1.29 is 19.7 Å². The van der Waals surface area contributed by atoms with E-state index in [1.54, 1.807) is 13.2 Å². The highest BCUT2D eigenvalue weighted by Crippen LogP contribution is 2.30. The van der Waals surface area contributed by atoms with E-state index in [4.69, 9.17) is 9.84 Å². The highest BCUT2D eigenvalue weighted by atomic mass is 16.5. The number of carboxylic acids is 1. The van der Waals surface area contributed by atoms with Gasteiger partial charge in [0, 0.05) is 0 Å². The van der Waals surface area contributed by atoms with E-state index < -0.39 is 5.97 Å². The molecule has 0 saturated heterocycles. The number of methoxy groups -OCH3 is 1. The highest BCUT2D eigenvalue weighted by Gasteiger charge is 2.12. The molecule has 0 aliphatic heterocycles. The Morgan fingerprint density at radius 1 is 1.16 bits per heavy atom. The van der Waals surface area contributed by atoms with E-state index in [9.17, 15) is 9.90 Å². The lowest BCUT2D eigenvalue weighted by Crippen LogP contribution is -1.97. The molecule has 19 heavy (non-hydrogen) atoms. The van der Waals surface area contributed by atoms with E-state index in [0.29, 0.717) is 0 Å². The number of carbonyl (C=O) groups is 1. The van der Waals surface area contributed by atoms with Gasteiger partial charge in [-0.3, -0.25) is 0 Å². The second kappa shape index (κ2) is 5.02. The zero-order valence-electron chi connectivity index (χ0n) is 10.7. The number of hydrogen-bond donors (Lipinski definition) is 2. The van der Waals surface area contributed by atoms with Crippen LogP contribution in [0.4, 0.5) is 0 Å². The summed E-state index contributed by atoms with van der Waals surface area (Å²) in [6.07, 6.45) is 0. The van der Waals surface area contributed by atoms with Gasteiger partial charge in [0.05, 0.1) is 7.11 Å². The maximum atomic E-state index is 11.0. The molecule has 2 rings (SSSR count). The number of aromatic carboxylic acids is 1. The van der Waals surface area contributed by atoms with E-state index in [0.717, 1.165) is 22.4 Å². The van der Waals surface area contributed by atoms with Crippen LogP contribution in [0.15, 0.2) is 36.4 Å². The molecule has 0 atom stereocenters. The first-order valence-corrected chi connectivity index (χ1v) is 5.74. The largest absolute Gasteiger partial charge is 0.507 e. The summed E-state index contributed by atoms with van der Waals surface area (Å²) in [5, 5.41) is 18.5. The van der Waals surface area contributed by atoms with Crippen molar-refractivity contribution in [1.82, 2.24) is 0 Å². The fraction of sp³-hybridized carbons (Fsp3) is 0.133. The number of phenols is 1. The Hall–Kier alpha value is -2.49. The average Bonchev–Trinajstić information content (AvgIpc) is 2.39. The van der Waals surface area contributed by atoms with Gasteiger partial charge in [0.15, 0.2) is 0 Å². The van der Waals surface area contributed by atoms with Gasteiger partial charge in [-0.2, -0.15) is 0 Å². The first-order valence-electron chi connectivity index (χ1n) is 5.74. The van der Waals surface area contributed by atoms with E-state index in [1.807, 2.05) is 25.1 Å². The first-order chi connectivity index (χ1) is 9.02. The third-order valence-electron chi connectivity index (χ3n) is 2.97. The SMILES string of the molecule is COc1ccc(-c2ccc(O)c(C(=O)O)c2)c(C)c1. The number of aromatic hydroxyl groups is 1. The van der Waals surface area contributed by atoms with Crippen LogP contribution in [0.1, 0.15) is 15.9 Å². The van der Waals surface area contributed by atoms with E-state index >= 15 is 0 Å². The molecule has 2 aromatic rings. The molecule has 0 unspecified atom stereocenters. The number of hydrogen-bond acceptors (Lipinski definition) is 3. The van der Waals surface area contributed by atoms with Crippen LogP contribution in [-0.4, -0.2) is 23.3 Å². The van der Waals surface area contributed by atoms with E-state index in [-0.39, 0.29) is 11.3 Å². The third-order valence-corrected chi connectivity index (χ3v) is 2.97. The molecule has 2 N–H and O–H groups in total. The van der Waals surface area contributed by atoms with Gasteiger partial charge >= 0.3 is 5.97 Å². The number of aryl methyl sites for hydroxylation is 1. The Morgan fingerprint density at radius 2 is 1.89 bits per heavy atom. The van der Waals surface area contributed by atoms with Crippen molar-refractivity contribution in [3.63, 3.8) is 0 Å². The van der Waals surface area contributed by atoms with Crippen LogP contribution in [0.3, 0.4) is 0 Å². The van der Waals surface area contributed by atoms with Crippen LogP contribution < -0.4 is 4.74 Å². The lowest BCUT2D eigenvalue weighted by molar-refractivity contribution is 0.0694. The molecule has 0 spiro atoms. The van der Waals surface area contributed by atoms with Crippen LogP contribution in [0.2, 0.25) is 0 Å². The molecule has 0 radical (unpaired) electrons. The molecule has 98 valence electrons. The van der Waals surface area contributed by atoms with Crippen molar-refractivity contribution in [2.45, 2.75) is 6.92 Å². The topological polar surface area (TPSA) is 66.8 Å². The van der Waals surface area contributed by atoms with Gasteiger partial charge in [-0.05, 0) is 47.9 Å². The predicted octanol–water partition coefficient (Wildman–Crippen LogP) is 3.07. The van der Waals surface area contributed by atoms with E-state index in [1.165, 1.54) is 12.1 Å². The summed E-state index contributed by atoms with van der Waals surface area (Å²) in [7, 11) is 1.59. The number of carboxylic acid groups (broad SMARTS) is 1. The molecule has 4 nitrogen and oxygen atoms in total. The Labute approximate surface area is 110 Å². The van der Waals surface area contributed by atoms with Crippen molar-refractivity contribution in [1.29, 1.82) is 0 Å². The standard InChI is InChI=1S/C15H14O4/c1-9-7-11(19-2)4-5-12(9)10-3-6-14(16)13(8-10)15(17)18/h3-8,16H,1-2H3,(H,17,18). The van der Waals surface area contributed by atoms with Crippen molar-refractivity contribution in [3.05, 3.63) is 47.5 Å². The fourth-order valence-corrected chi connectivity index (χ4v) is 1.96. The Morgan fingerprint density at radius 3 is 2.47 bits per heavy atom. The summed E-state index contributed by atoms with van der Waals surface area (Å²) < 4.78 is 5.13. The zero-order chi connectivity index (χ0) is 14.0. The predicted molar refractivity (Wildman–Crippen MR) is 71.8 cm³/mol. The second-order valence-electron chi connectivity index (χ2n) is 4.22. The summed E-state index contributed by atoms with van der Waals surface area (Å²) in [6.45, 7) is 1.92. The monoisotopic (exact) mass is 258 g/mol. The number of benzene rings is 2. The maximum Gasteiger partial charge on any atom is 0.339 e. The molecule has 0 saturated carbocycles. The average molecular weight is 258 g/mol. The Balaban J connectivity index is 2.53. The van der Waals surface area contributed by atoms with Crippen molar-refractivity contribution in [3.8, 4) is 22.6 Å². The number of ether oxygens (including phenoxy) is 1. The molecule has 0 heterocycles. The maximum absolute atomic E-state index is 11.0. The minimum Gasteiger partial charge on any atom is -0.507 e. The quantitative estimate of drug-likeness (QED) is 0.887. The summed E-state index contributed by atoms with van der Waals surface area (Å²) in [5.74, 6) is -0.633. The zero-order valence-corrected chi connectivity index (χ0v) is 10.7. The molecule has 0 fully saturated rings. The van der Waals surface area contributed by atoms with Gasteiger partial charge in [0.25, 0.3) is 0 Å². The van der Waals surface area contributed by atoms with Crippen molar-refractivity contribution in [2.24, 2.45) is 0 Å². The Bertz CT molecular complexity index is 632. The number of rotatable bonds is 3. The minimum absolute atomic E-state index is 0.104. The molecular weight excluding hydrogens is 244 g/mol. The minimum atomic E-state index is -1.15. The Kier molecular flexibility index (Phi) is 3.42. The summed E-state index contributed by atoms with van der Waals surface area (Å²) >= 11 is 0. The summed E-state index contributed by atoms with van der Waals surface area (Å²) in [5.41, 5.74) is 2.52. The highest BCUT2D eigenvalue weighted by molar-refractivity contribution is 5.92. The van der Waals surface area contributed by atoms with Crippen LogP contribution >= 0.6 is 0 Å². The molecule has 2 aromatic carbocycles. The molecule has 0 aromatic heterocycles. The lowest BCUT2D eigenvalue weighted by Gasteiger charge is -2.09. The third kappa shape index (κ3) is 2.52. The van der Waals surface area contributed by atoms with Crippen LogP contribution in [0, 0.1) is 6.92 Å². The molecule has 0 amide bonds. The normalized spacial score (nSPS) is 10.2. The molecular formula is C15H14O4. The molecule has 0 bridgehead atoms. The molecule has 4 heteroatoms. The fourth-order valence-electron chi connectivity index (χ4n) is 1.96. The van der Waals surface area contributed by atoms with Gasteiger partial charge in [-0.15, -0.1) is 0 Å². The molecule has 0 aliphatic carbocycles. The van der Waals surface area contributed by atoms with Crippen LogP contribution in [-0.2, 0) is 0 Å². The van der Waals surface area contributed by atoms with Gasteiger partial charge in [0.1, 0.15) is 17.1 Å². The van der Waals surface area contributed by atoms with Gasteiger partial charge in [0.2, 0.25) is 0 Å². The summed E-state index contributed by atoms with van der Waals surface area (Å²) in [6, 6.07) is 10.1. The van der Waals surface area contributed by atoms with E-state index in [2.05, 4.69) is 0 Å². The smallest absolute Gasteiger partial charge is 0.339 e. The second-order valence-corrected chi connectivity index (χ2v) is 4.22.